The molecule has 0 N–H and O–H groups in total. The van der Waals surface area contributed by atoms with Crippen molar-refractivity contribution >= 4 is 42.1 Å². The van der Waals surface area contributed by atoms with E-state index in [0.29, 0.717) is 13.2 Å². The number of fused-ring (bicyclic) bond motifs is 1. The van der Waals surface area contributed by atoms with Gasteiger partial charge in [0.05, 0.1) is 6.16 Å². The first-order valence-corrected chi connectivity index (χ1v) is 17.3. The molecular formula is C37H35BF4NO3P. The summed E-state index contributed by atoms with van der Waals surface area (Å²) in [5.41, 5.74) is 3.20. The van der Waals surface area contributed by atoms with Crippen molar-refractivity contribution in [3.05, 3.63) is 151 Å². The first-order valence-electron chi connectivity index (χ1n) is 15.3. The van der Waals surface area contributed by atoms with Crippen LogP contribution in [0.3, 0.4) is 0 Å². The van der Waals surface area contributed by atoms with Gasteiger partial charge in [-0.2, -0.15) is 0 Å². The molecule has 0 atom stereocenters. The molecule has 0 saturated heterocycles. The van der Waals surface area contributed by atoms with Crippen molar-refractivity contribution in [1.29, 1.82) is 0 Å². The lowest BCUT2D eigenvalue weighted by Crippen LogP contribution is -2.33. The number of hydrogen-bond donors (Lipinski definition) is 0. The van der Waals surface area contributed by atoms with E-state index in [1.54, 1.807) is 0 Å². The van der Waals surface area contributed by atoms with Crippen molar-refractivity contribution in [2.75, 3.05) is 17.8 Å². The maximum absolute atomic E-state index is 13.0. The van der Waals surface area contributed by atoms with Crippen LogP contribution in [0.25, 0.3) is 0 Å². The first-order chi connectivity index (χ1) is 22.7. The molecule has 5 aromatic carbocycles. The highest BCUT2D eigenvalue weighted by Gasteiger charge is 2.44. The minimum atomic E-state index is -6.00. The lowest BCUT2D eigenvalue weighted by Gasteiger charge is -2.31. The minimum absolute atomic E-state index is 0.165. The molecule has 0 fully saturated rings. The largest absolute Gasteiger partial charge is 0.673 e. The van der Waals surface area contributed by atoms with Gasteiger partial charge in [-0.3, -0.25) is 4.79 Å². The van der Waals surface area contributed by atoms with E-state index in [2.05, 4.69) is 114 Å². The van der Waals surface area contributed by atoms with E-state index in [4.69, 9.17) is 9.47 Å². The van der Waals surface area contributed by atoms with Crippen LogP contribution in [-0.2, 0) is 22.7 Å². The topological polar surface area (TPSA) is 38.8 Å². The molecule has 1 aliphatic heterocycles. The Kier molecular flexibility index (Phi) is 11.3. The van der Waals surface area contributed by atoms with Crippen LogP contribution in [0.4, 0.5) is 23.0 Å². The molecule has 10 heteroatoms. The Bertz CT molecular complexity index is 1610. The zero-order valence-electron chi connectivity index (χ0n) is 25.7. The molecule has 1 heterocycles. The van der Waals surface area contributed by atoms with Crippen LogP contribution >= 0.6 is 7.26 Å². The molecular weight excluding hydrogens is 624 g/mol. The smallest absolute Gasteiger partial charge is 0.473 e. The summed E-state index contributed by atoms with van der Waals surface area (Å²) >= 11 is 0. The van der Waals surface area contributed by atoms with Gasteiger partial charge in [0.2, 0.25) is 0 Å². The van der Waals surface area contributed by atoms with Gasteiger partial charge in [0, 0.05) is 24.2 Å². The Morgan fingerprint density at radius 1 is 0.723 bits per heavy atom. The van der Waals surface area contributed by atoms with Crippen molar-refractivity contribution in [3.8, 4) is 5.75 Å². The summed E-state index contributed by atoms with van der Waals surface area (Å²) < 4.78 is 50.8. The lowest BCUT2D eigenvalue weighted by atomic mass is 10.1. The fourth-order valence-corrected chi connectivity index (χ4v) is 10.1. The van der Waals surface area contributed by atoms with E-state index < -0.39 is 14.5 Å². The Morgan fingerprint density at radius 2 is 1.21 bits per heavy atom. The normalized spacial score (nSPS) is 12.6. The first kappa shape index (κ1) is 33.7. The maximum Gasteiger partial charge on any atom is 0.673 e. The summed E-state index contributed by atoms with van der Waals surface area (Å²) in [7, 11) is -7.96. The molecule has 0 aliphatic carbocycles. The Hall–Kier alpha value is -4.62. The van der Waals surface area contributed by atoms with Crippen molar-refractivity contribution in [2.45, 2.75) is 26.0 Å². The molecule has 0 unspecified atom stereocenters. The monoisotopic (exact) mass is 659 g/mol. The Morgan fingerprint density at radius 3 is 1.72 bits per heavy atom. The van der Waals surface area contributed by atoms with E-state index in [-0.39, 0.29) is 12.6 Å². The minimum Gasteiger partial charge on any atom is -0.473 e. The summed E-state index contributed by atoms with van der Waals surface area (Å²) in [6, 6.07) is 48.7. The molecule has 0 aromatic heterocycles. The third kappa shape index (κ3) is 9.23. The van der Waals surface area contributed by atoms with Crippen molar-refractivity contribution in [3.63, 3.8) is 0 Å². The number of halogens is 4. The van der Waals surface area contributed by atoms with Gasteiger partial charge >= 0.3 is 13.2 Å². The summed E-state index contributed by atoms with van der Waals surface area (Å²) in [6.45, 7) is 1.53. The third-order valence-electron chi connectivity index (χ3n) is 7.85. The van der Waals surface area contributed by atoms with Crippen LogP contribution in [0.2, 0.25) is 0 Å². The molecule has 0 radical (unpaired) electrons. The molecule has 6 rings (SSSR count). The zero-order chi connectivity index (χ0) is 33.1. The molecule has 4 nitrogen and oxygen atoms in total. The summed E-state index contributed by atoms with van der Waals surface area (Å²) in [6.07, 6.45) is 2.02. The molecule has 0 saturated carbocycles. The van der Waals surface area contributed by atoms with Crippen molar-refractivity contribution < 1.29 is 31.5 Å². The van der Waals surface area contributed by atoms with Gasteiger partial charge in [-0.05, 0) is 72.6 Å². The standard InChI is InChI=1S/C37H35NO3P.BF4/c39-37(40-28-30-23-24-36-31(26-30)27-38(29-41-36)32-14-5-1-6-15-32)22-13-25-42(33-16-7-2-8-17-33,34-18-9-3-10-19-34)35-20-11-4-12-21-35;2-1(3,4)5/h1-12,14-21,23-24,26H,13,22,25,27-29H2;/q+1;-1. The van der Waals surface area contributed by atoms with Crippen LogP contribution in [0, 0.1) is 0 Å². The van der Waals surface area contributed by atoms with Crippen LogP contribution in [0.15, 0.2) is 140 Å². The Balaban J connectivity index is 0.000000807. The second-order valence-electron chi connectivity index (χ2n) is 11.0. The number of carbonyl (C=O) groups is 1. The lowest BCUT2D eigenvalue weighted by molar-refractivity contribution is -0.144. The maximum atomic E-state index is 13.0. The molecule has 242 valence electrons. The van der Waals surface area contributed by atoms with Gasteiger partial charge < -0.3 is 31.6 Å². The molecule has 0 amide bonds. The molecule has 1 aliphatic rings. The SMILES string of the molecule is F[B-](F)(F)F.O=C(CCC[P+](c1ccccc1)(c1ccccc1)c1ccccc1)OCc1ccc2c(c1)CN(c1ccccc1)CO2. The van der Waals surface area contributed by atoms with Gasteiger partial charge in [-0.15, -0.1) is 0 Å². The summed E-state index contributed by atoms with van der Waals surface area (Å²) in [4.78, 5) is 15.2. The van der Waals surface area contributed by atoms with E-state index in [1.807, 2.05) is 30.3 Å². The highest BCUT2D eigenvalue weighted by atomic mass is 31.2. The third-order valence-corrected chi connectivity index (χ3v) is 12.4. The highest BCUT2D eigenvalue weighted by molar-refractivity contribution is 7.95. The number of ether oxygens (including phenoxy) is 2. The second-order valence-corrected chi connectivity index (χ2v) is 14.7. The second kappa shape index (κ2) is 15.8. The fourth-order valence-electron chi connectivity index (χ4n) is 5.77. The zero-order valence-corrected chi connectivity index (χ0v) is 26.6. The highest BCUT2D eigenvalue weighted by Crippen LogP contribution is 2.55. The van der Waals surface area contributed by atoms with Crippen LogP contribution in [-0.4, -0.2) is 26.1 Å². The fraction of sp³-hybridized carbons (Fsp3) is 0.162. The average Bonchev–Trinajstić information content (AvgIpc) is 3.10. The number of esters is 1. The van der Waals surface area contributed by atoms with E-state index >= 15 is 0 Å². The number of rotatable bonds is 10. The van der Waals surface area contributed by atoms with Crippen LogP contribution < -0.4 is 25.6 Å². The average molecular weight is 659 g/mol. The van der Waals surface area contributed by atoms with Gasteiger partial charge in [0.1, 0.15) is 35.5 Å². The molecule has 47 heavy (non-hydrogen) atoms. The van der Waals surface area contributed by atoms with Gasteiger partial charge in [0.25, 0.3) is 0 Å². The van der Waals surface area contributed by atoms with Crippen LogP contribution in [0.5, 0.6) is 5.75 Å². The number of anilines is 1. The molecule has 0 bridgehead atoms. The van der Waals surface area contributed by atoms with Gasteiger partial charge in [0.15, 0.2) is 6.73 Å². The van der Waals surface area contributed by atoms with Crippen molar-refractivity contribution in [1.82, 2.24) is 0 Å². The number of para-hydroxylation sites is 1. The Labute approximate surface area is 273 Å². The number of hydrogen-bond acceptors (Lipinski definition) is 4. The van der Waals surface area contributed by atoms with E-state index in [1.165, 1.54) is 15.9 Å². The van der Waals surface area contributed by atoms with Gasteiger partial charge in [-0.1, -0.05) is 78.9 Å². The predicted octanol–water partition coefficient (Wildman–Crippen LogP) is 8.16. The van der Waals surface area contributed by atoms with E-state index in [0.717, 1.165) is 41.7 Å². The van der Waals surface area contributed by atoms with Crippen LogP contribution in [0.1, 0.15) is 24.0 Å². The van der Waals surface area contributed by atoms with E-state index in [9.17, 15) is 22.1 Å². The number of benzene rings is 5. The quantitative estimate of drug-likeness (QED) is 0.0657. The number of carbonyl (C=O) groups excluding carboxylic acids is 1. The predicted molar refractivity (Wildman–Crippen MR) is 184 cm³/mol. The molecule has 0 spiro atoms. The number of nitrogens with zero attached hydrogens (tertiary/aromatic N) is 1. The van der Waals surface area contributed by atoms with Gasteiger partial charge in [-0.25, -0.2) is 0 Å². The summed E-state index contributed by atoms with van der Waals surface area (Å²) in [5, 5.41) is 3.99. The van der Waals surface area contributed by atoms with Crippen molar-refractivity contribution in [2.24, 2.45) is 0 Å². The summed E-state index contributed by atoms with van der Waals surface area (Å²) in [5.74, 6) is 0.725. The molecule has 5 aromatic rings.